The molecule has 2 fully saturated rings. The van der Waals surface area contributed by atoms with Crippen LogP contribution in [-0.4, -0.2) is 81.4 Å². The van der Waals surface area contributed by atoms with Gasteiger partial charge in [-0.15, -0.1) is 0 Å². The van der Waals surface area contributed by atoms with E-state index in [1.807, 2.05) is 0 Å². The van der Waals surface area contributed by atoms with Crippen LogP contribution in [0.4, 0.5) is 9.18 Å². The lowest BCUT2D eigenvalue weighted by molar-refractivity contribution is 0.0569. The van der Waals surface area contributed by atoms with E-state index < -0.39 is 5.82 Å². The Hall–Kier alpha value is -4.02. The smallest absolute Gasteiger partial charge is 0.409 e. The Kier molecular flexibility index (Phi) is 6.53. The highest BCUT2D eigenvalue weighted by molar-refractivity contribution is 5.95. The molecule has 0 N–H and O–H groups in total. The number of ether oxygens (including phenoxy) is 2. The molecule has 2 amide bonds. The van der Waals surface area contributed by atoms with Gasteiger partial charge in [-0.05, 0) is 44.0 Å². The predicted molar refractivity (Wildman–Crippen MR) is 128 cm³/mol. The van der Waals surface area contributed by atoms with Crippen molar-refractivity contribution in [1.29, 1.82) is 0 Å². The molecule has 1 aromatic carbocycles. The maximum absolute atomic E-state index is 14.3. The first-order valence-corrected chi connectivity index (χ1v) is 12.0. The Morgan fingerprint density at radius 2 is 1.86 bits per heavy atom. The second-order valence-corrected chi connectivity index (χ2v) is 8.70. The summed E-state index contributed by atoms with van der Waals surface area (Å²) in [6.45, 7) is 3.76. The number of hydrogen-bond acceptors (Lipinski definition) is 7. The van der Waals surface area contributed by atoms with Crippen molar-refractivity contribution in [2.45, 2.75) is 25.7 Å². The molecule has 1 aliphatic heterocycles. The van der Waals surface area contributed by atoms with Gasteiger partial charge in [0, 0.05) is 43.9 Å². The van der Waals surface area contributed by atoms with Gasteiger partial charge in [0.2, 0.25) is 0 Å². The van der Waals surface area contributed by atoms with Crippen LogP contribution >= 0.6 is 0 Å². The first-order valence-electron chi connectivity index (χ1n) is 12.0. The molecule has 0 atom stereocenters. The maximum atomic E-state index is 14.3. The third-order valence-electron chi connectivity index (χ3n) is 6.37. The van der Waals surface area contributed by atoms with Gasteiger partial charge in [0.15, 0.2) is 11.6 Å². The molecule has 188 valence electrons. The third kappa shape index (κ3) is 4.60. The van der Waals surface area contributed by atoms with E-state index in [-0.39, 0.29) is 23.7 Å². The van der Waals surface area contributed by atoms with Gasteiger partial charge in [-0.3, -0.25) is 4.79 Å². The lowest BCUT2D eigenvalue weighted by Gasteiger charge is -2.34. The maximum Gasteiger partial charge on any atom is 0.409 e. The molecule has 10 nitrogen and oxygen atoms in total. The Morgan fingerprint density at radius 3 is 2.53 bits per heavy atom. The first-order chi connectivity index (χ1) is 17.5. The minimum atomic E-state index is -0.483. The number of amides is 2. The molecular weight excluding hydrogens is 467 g/mol. The minimum absolute atomic E-state index is 0.125. The predicted octanol–water partition coefficient (Wildman–Crippen LogP) is 3.27. The molecule has 0 bridgehead atoms. The quantitative estimate of drug-likeness (QED) is 0.518. The Labute approximate surface area is 207 Å². The molecule has 3 heterocycles. The van der Waals surface area contributed by atoms with Gasteiger partial charge in [0.25, 0.3) is 11.9 Å². The summed E-state index contributed by atoms with van der Waals surface area (Å²) in [6.07, 6.45) is 4.70. The van der Waals surface area contributed by atoms with Crippen LogP contribution < -0.4 is 4.74 Å². The topological polar surface area (TPSA) is 103 Å². The molecular formula is C25H27FN6O4. The van der Waals surface area contributed by atoms with E-state index in [1.165, 1.54) is 13.2 Å². The summed E-state index contributed by atoms with van der Waals surface area (Å²) < 4.78 is 25.9. The van der Waals surface area contributed by atoms with Crippen molar-refractivity contribution in [1.82, 2.24) is 29.5 Å². The van der Waals surface area contributed by atoms with E-state index in [2.05, 4.69) is 15.1 Å². The molecule has 1 aliphatic carbocycles. The number of hydrogen-bond donors (Lipinski definition) is 0. The third-order valence-corrected chi connectivity index (χ3v) is 6.37. The molecule has 2 aromatic heterocycles. The van der Waals surface area contributed by atoms with Crippen LogP contribution in [0.2, 0.25) is 0 Å². The number of nitrogens with zero attached hydrogens (tertiary/aromatic N) is 6. The van der Waals surface area contributed by atoms with Crippen LogP contribution in [0.3, 0.4) is 0 Å². The Morgan fingerprint density at radius 1 is 1.11 bits per heavy atom. The zero-order chi connectivity index (χ0) is 25.2. The summed E-state index contributed by atoms with van der Waals surface area (Å²) in [5, 5.41) is 4.48. The lowest BCUT2D eigenvalue weighted by Crippen LogP contribution is -2.50. The van der Waals surface area contributed by atoms with E-state index >= 15 is 0 Å². The van der Waals surface area contributed by atoms with Gasteiger partial charge < -0.3 is 19.3 Å². The molecule has 0 spiro atoms. The standard InChI is InChI=1S/C25H27FN6O4/c1-3-36-25(34)31-12-10-30(11-13-31)23(33)18-15-28-32(22(18)16-4-5-16)24-27-9-8-20(29-24)17-6-7-21(35-2)19(26)14-17/h6-9,14-16H,3-5,10-13H2,1-2H3. The van der Waals surface area contributed by atoms with E-state index in [9.17, 15) is 14.0 Å². The van der Waals surface area contributed by atoms with Crippen LogP contribution in [0.25, 0.3) is 17.2 Å². The number of halogens is 1. The molecule has 11 heteroatoms. The summed E-state index contributed by atoms with van der Waals surface area (Å²) in [5.41, 5.74) is 2.41. The number of aromatic nitrogens is 4. The average Bonchev–Trinajstić information content (AvgIpc) is 3.66. The van der Waals surface area contributed by atoms with Gasteiger partial charge >= 0.3 is 6.09 Å². The zero-order valence-electron chi connectivity index (χ0n) is 20.2. The molecule has 3 aromatic rings. The molecule has 2 aliphatic rings. The van der Waals surface area contributed by atoms with Crippen LogP contribution in [0.15, 0.2) is 36.7 Å². The van der Waals surface area contributed by atoms with Crippen LogP contribution in [0.1, 0.15) is 41.7 Å². The number of carbonyl (C=O) groups is 2. The molecule has 1 saturated carbocycles. The van der Waals surface area contributed by atoms with Crippen molar-refractivity contribution in [3.63, 3.8) is 0 Å². The summed E-state index contributed by atoms with van der Waals surface area (Å²) in [7, 11) is 1.41. The van der Waals surface area contributed by atoms with Crippen LogP contribution in [0.5, 0.6) is 5.75 Å². The Balaban J connectivity index is 1.40. The van der Waals surface area contributed by atoms with Crippen molar-refractivity contribution in [2.24, 2.45) is 0 Å². The monoisotopic (exact) mass is 494 g/mol. The number of carbonyl (C=O) groups excluding carboxylic acids is 2. The fraction of sp³-hybridized carbons (Fsp3) is 0.400. The second kappa shape index (κ2) is 9.92. The summed E-state index contributed by atoms with van der Waals surface area (Å²) >= 11 is 0. The Bertz CT molecular complexity index is 1280. The highest BCUT2D eigenvalue weighted by Gasteiger charge is 2.36. The van der Waals surface area contributed by atoms with Gasteiger partial charge in [0.05, 0.1) is 36.9 Å². The number of rotatable bonds is 6. The van der Waals surface area contributed by atoms with E-state index in [0.717, 1.165) is 18.5 Å². The van der Waals surface area contributed by atoms with E-state index in [0.29, 0.717) is 55.6 Å². The van der Waals surface area contributed by atoms with Gasteiger partial charge in [-0.25, -0.2) is 23.8 Å². The van der Waals surface area contributed by atoms with E-state index in [4.69, 9.17) is 9.47 Å². The average molecular weight is 495 g/mol. The molecule has 36 heavy (non-hydrogen) atoms. The molecule has 1 saturated heterocycles. The minimum Gasteiger partial charge on any atom is -0.494 e. The fourth-order valence-corrected chi connectivity index (χ4v) is 4.35. The molecule has 5 rings (SSSR count). The highest BCUT2D eigenvalue weighted by atomic mass is 19.1. The van der Waals surface area contributed by atoms with Crippen LogP contribution in [-0.2, 0) is 4.74 Å². The summed E-state index contributed by atoms with van der Waals surface area (Å²) in [4.78, 5) is 37.8. The number of piperazine rings is 1. The van der Waals surface area contributed by atoms with E-state index in [1.54, 1.807) is 52.0 Å². The zero-order valence-corrected chi connectivity index (χ0v) is 20.2. The fourth-order valence-electron chi connectivity index (χ4n) is 4.35. The summed E-state index contributed by atoms with van der Waals surface area (Å²) in [5.74, 6) is 0.0565. The van der Waals surface area contributed by atoms with Crippen molar-refractivity contribution in [3.05, 3.63) is 53.7 Å². The SMILES string of the molecule is CCOC(=O)N1CCN(C(=O)c2cnn(-c3nccc(-c4ccc(OC)c(F)c4)n3)c2C2CC2)CC1. The van der Waals surface area contributed by atoms with Gasteiger partial charge in [0.1, 0.15) is 0 Å². The van der Waals surface area contributed by atoms with Crippen molar-refractivity contribution in [3.8, 4) is 23.0 Å². The lowest BCUT2D eigenvalue weighted by atomic mass is 10.1. The number of benzene rings is 1. The van der Waals surface area contributed by atoms with Crippen LogP contribution in [0, 0.1) is 5.82 Å². The van der Waals surface area contributed by atoms with Gasteiger partial charge in [-0.2, -0.15) is 5.10 Å². The first kappa shape index (κ1) is 23.7. The summed E-state index contributed by atoms with van der Waals surface area (Å²) in [6, 6.07) is 6.33. The van der Waals surface area contributed by atoms with Crippen molar-refractivity contribution >= 4 is 12.0 Å². The van der Waals surface area contributed by atoms with Crippen molar-refractivity contribution < 1.29 is 23.5 Å². The molecule has 0 unspecified atom stereocenters. The normalized spacial score (nSPS) is 15.6. The van der Waals surface area contributed by atoms with Gasteiger partial charge in [-0.1, -0.05) is 0 Å². The highest BCUT2D eigenvalue weighted by Crippen LogP contribution is 2.42. The number of methoxy groups -OCH3 is 1. The molecule has 0 radical (unpaired) electrons. The second-order valence-electron chi connectivity index (χ2n) is 8.70. The van der Waals surface area contributed by atoms with Crippen molar-refractivity contribution in [2.75, 3.05) is 39.9 Å². The largest absolute Gasteiger partial charge is 0.494 e.